The van der Waals surface area contributed by atoms with Crippen LogP contribution >= 0.6 is 22.7 Å². The van der Waals surface area contributed by atoms with E-state index >= 15 is 0 Å². The largest absolute Gasteiger partial charge is 0.370 e. The second-order valence-corrected chi connectivity index (χ2v) is 21.4. The van der Waals surface area contributed by atoms with Crippen LogP contribution in [0.1, 0.15) is 111 Å². The zero-order chi connectivity index (χ0) is 44.3. The molecule has 1 N–H and O–H groups in total. The molecule has 5 aromatic heterocycles. The van der Waals surface area contributed by atoms with Crippen molar-refractivity contribution in [1.29, 1.82) is 0 Å². The molecule has 8 nitrogen and oxygen atoms in total. The van der Waals surface area contributed by atoms with Gasteiger partial charge in [-0.25, -0.2) is 15.0 Å². The zero-order valence-electron chi connectivity index (χ0n) is 38.3. The molecule has 0 amide bonds. The van der Waals surface area contributed by atoms with Crippen molar-refractivity contribution in [1.82, 2.24) is 24.9 Å². The predicted octanol–water partition coefficient (Wildman–Crippen LogP) is 14.3. The molecule has 8 aromatic rings. The maximum Gasteiger partial charge on any atom is 0.120 e. The molecule has 61 heavy (non-hydrogen) atoms. The quantitative estimate of drug-likeness (QED) is 0.163. The van der Waals surface area contributed by atoms with E-state index in [9.17, 15) is 0 Å². The van der Waals surface area contributed by atoms with Crippen molar-refractivity contribution < 1.29 is 14.2 Å². The first-order chi connectivity index (χ1) is 28.7. The van der Waals surface area contributed by atoms with E-state index in [1.165, 1.54) is 26.2 Å². The molecule has 0 aliphatic heterocycles. The average molecular weight is 860 g/mol. The number of ether oxygens (including phenoxy) is 3. The van der Waals surface area contributed by atoms with Gasteiger partial charge in [0, 0.05) is 11.6 Å². The molecule has 0 saturated heterocycles. The number of hydrogen-bond acceptors (Lipinski definition) is 9. The van der Waals surface area contributed by atoms with Crippen LogP contribution in [0.4, 0.5) is 0 Å². The fraction of sp³-hybridized carbons (Fsp3) is 0.412. The summed E-state index contributed by atoms with van der Waals surface area (Å²) in [7, 11) is 0. The average Bonchev–Trinajstić information content (AvgIpc) is 3.95. The summed E-state index contributed by atoms with van der Waals surface area (Å²) in [5, 5.41) is 3.49. The molecule has 0 bridgehead atoms. The molecule has 0 radical (unpaired) electrons. The fourth-order valence-electron chi connectivity index (χ4n) is 5.60. The van der Waals surface area contributed by atoms with E-state index in [0.717, 1.165) is 50.4 Å². The zero-order valence-corrected chi connectivity index (χ0v) is 39.9. The van der Waals surface area contributed by atoms with Gasteiger partial charge in [-0.1, -0.05) is 69.3 Å². The number of nitrogens with one attached hydrogen (secondary N) is 1. The van der Waals surface area contributed by atoms with Crippen molar-refractivity contribution in [2.45, 2.75) is 133 Å². The van der Waals surface area contributed by atoms with E-state index < -0.39 is 0 Å². The lowest BCUT2D eigenvalue weighted by Gasteiger charge is -2.19. The Labute approximate surface area is 371 Å². The minimum absolute atomic E-state index is 0.0994. The third-order valence-electron chi connectivity index (χ3n) is 8.82. The van der Waals surface area contributed by atoms with Gasteiger partial charge in [-0.3, -0.25) is 4.98 Å². The van der Waals surface area contributed by atoms with Crippen LogP contribution in [-0.4, -0.2) is 41.7 Å². The van der Waals surface area contributed by atoms with Gasteiger partial charge in [0.2, 0.25) is 0 Å². The molecule has 8 rings (SSSR count). The van der Waals surface area contributed by atoms with Crippen LogP contribution < -0.4 is 0 Å². The standard InChI is InChI=1S/C14H17NO.C13H17NS.C12H16N2O.C12H15NOS/c1-14(2,3)16-10-12-9-8-11-6-4-5-7-13(11)15-12;1-13(2,3)9-8-12-14-10-6-4-5-7-11(10)15-12;1-12(2,3)15-8-9-4-5-10-11(14-9)6-7-13-10;1-12(2,3)14-8-11-13-9-6-4-5-7-10(9)15-11/h4-9H,10H2,1-3H3;4-7H,8-9H2,1-3H3;4-7,13H,8H2,1-3H3;4-7H,8H2,1-3H3. The van der Waals surface area contributed by atoms with Crippen LogP contribution in [0.2, 0.25) is 0 Å². The number of nitrogens with zero attached hydrogens (tertiary/aromatic N) is 4. The molecular formula is C51H65N5O3S2. The van der Waals surface area contributed by atoms with E-state index in [-0.39, 0.29) is 16.8 Å². The number of rotatable bonds is 8. The van der Waals surface area contributed by atoms with E-state index in [1.807, 2.05) is 120 Å². The van der Waals surface area contributed by atoms with Gasteiger partial charge >= 0.3 is 0 Å². The second-order valence-electron chi connectivity index (χ2n) is 19.1. The Morgan fingerprint density at radius 1 is 0.459 bits per heavy atom. The Bertz CT molecular complexity index is 2390. The number of para-hydroxylation sites is 3. The van der Waals surface area contributed by atoms with Crippen LogP contribution in [0.3, 0.4) is 0 Å². The lowest BCUT2D eigenvalue weighted by Crippen LogP contribution is -2.19. The normalized spacial score (nSPS) is 12.1. The number of aromatic amines is 1. The van der Waals surface area contributed by atoms with Gasteiger partial charge in [-0.05, 0) is 135 Å². The summed E-state index contributed by atoms with van der Waals surface area (Å²) < 4.78 is 19.6. The number of pyridine rings is 2. The summed E-state index contributed by atoms with van der Waals surface area (Å²) in [5.41, 5.74) is 7.31. The van der Waals surface area contributed by atoms with Crippen molar-refractivity contribution in [3.63, 3.8) is 0 Å². The molecule has 0 saturated carbocycles. The molecule has 10 heteroatoms. The first-order valence-electron chi connectivity index (χ1n) is 21.1. The van der Waals surface area contributed by atoms with Crippen LogP contribution in [0.25, 0.3) is 42.4 Å². The van der Waals surface area contributed by atoms with Gasteiger partial charge in [0.15, 0.2) is 0 Å². The van der Waals surface area contributed by atoms with Crippen LogP contribution in [0.15, 0.2) is 109 Å². The predicted molar refractivity (Wildman–Crippen MR) is 258 cm³/mol. The highest BCUT2D eigenvalue weighted by Gasteiger charge is 2.14. The molecule has 0 spiro atoms. The van der Waals surface area contributed by atoms with Gasteiger partial charge in [0.1, 0.15) is 5.01 Å². The lowest BCUT2D eigenvalue weighted by molar-refractivity contribution is -0.0166. The van der Waals surface area contributed by atoms with Crippen molar-refractivity contribution >= 4 is 65.0 Å². The Morgan fingerprint density at radius 2 is 0.934 bits per heavy atom. The highest BCUT2D eigenvalue weighted by atomic mass is 32.1. The van der Waals surface area contributed by atoms with Crippen molar-refractivity contribution in [3.8, 4) is 0 Å². The van der Waals surface area contributed by atoms with Crippen molar-refractivity contribution in [3.05, 3.63) is 131 Å². The number of aryl methyl sites for hydroxylation is 1. The molecule has 0 fully saturated rings. The first kappa shape index (κ1) is 47.5. The van der Waals surface area contributed by atoms with Crippen LogP contribution in [0, 0.1) is 5.41 Å². The van der Waals surface area contributed by atoms with E-state index in [0.29, 0.717) is 25.2 Å². The van der Waals surface area contributed by atoms with Crippen molar-refractivity contribution in [2.24, 2.45) is 5.41 Å². The monoisotopic (exact) mass is 859 g/mol. The summed E-state index contributed by atoms with van der Waals surface area (Å²) in [6.07, 6.45) is 4.20. The molecule has 0 unspecified atom stereocenters. The Morgan fingerprint density at radius 3 is 1.49 bits per heavy atom. The smallest absolute Gasteiger partial charge is 0.120 e. The van der Waals surface area contributed by atoms with Gasteiger partial charge in [-0.2, -0.15) is 0 Å². The molecule has 5 heterocycles. The summed E-state index contributed by atoms with van der Waals surface area (Å²) in [4.78, 5) is 21.3. The molecule has 324 valence electrons. The van der Waals surface area contributed by atoms with E-state index in [4.69, 9.17) is 14.2 Å². The first-order valence-corrected chi connectivity index (χ1v) is 22.7. The van der Waals surface area contributed by atoms with Gasteiger partial charge in [-0.15, -0.1) is 22.7 Å². The molecule has 0 aliphatic rings. The molecule has 0 atom stereocenters. The Hall–Kier alpha value is -4.58. The highest BCUT2D eigenvalue weighted by Crippen LogP contribution is 2.27. The Kier molecular flexibility index (Phi) is 16.3. The number of benzene rings is 3. The third kappa shape index (κ3) is 17.0. The van der Waals surface area contributed by atoms with Crippen LogP contribution in [-0.2, 0) is 40.5 Å². The van der Waals surface area contributed by atoms with E-state index in [1.54, 1.807) is 11.3 Å². The number of hydrogen-bond donors (Lipinski definition) is 1. The summed E-state index contributed by atoms with van der Waals surface area (Å²) in [5.74, 6) is 0. The van der Waals surface area contributed by atoms with Gasteiger partial charge in [0.25, 0.3) is 0 Å². The fourth-order valence-corrected chi connectivity index (χ4v) is 7.44. The van der Waals surface area contributed by atoms with E-state index in [2.05, 4.69) is 109 Å². The number of H-pyrrole nitrogens is 1. The maximum absolute atomic E-state index is 5.70. The Balaban J connectivity index is 0.000000154. The number of thiazole rings is 2. The lowest BCUT2D eigenvalue weighted by atomic mass is 9.91. The summed E-state index contributed by atoms with van der Waals surface area (Å²) in [6, 6.07) is 34.8. The summed E-state index contributed by atoms with van der Waals surface area (Å²) >= 11 is 3.53. The SMILES string of the molecule is CC(C)(C)CCc1nc2ccccc2s1.CC(C)(C)OCc1ccc2[nH]ccc2n1.CC(C)(C)OCc1ccc2ccccc2n1.CC(C)(C)OCc1nc2ccccc2s1. The van der Waals surface area contributed by atoms with Gasteiger partial charge < -0.3 is 19.2 Å². The number of aromatic nitrogens is 5. The van der Waals surface area contributed by atoms with Crippen LogP contribution in [0.5, 0.6) is 0 Å². The van der Waals surface area contributed by atoms with Gasteiger partial charge in [0.05, 0.1) is 90.0 Å². The summed E-state index contributed by atoms with van der Waals surface area (Å²) in [6.45, 7) is 27.0. The molecular weight excluding hydrogens is 795 g/mol. The minimum Gasteiger partial charge on any atom is -0.370 e. The number of fused-ring (bicyclic) bond motifs is 4. The third-order valence-corrected chi connectivity index (χ3v) is 10.9. The van der Waals surface area contributed by atoms with Crippen molar-refractivity contribution in [2.75, 3.05) is 0 Å². The topological polar surface area (TPSA) is 95.0 Å². The molecule has 0 aliphatic carbocycles. The maximum atomic E-state index is 5.70. The second kappa shape index (κ2) is 21.0. The minimum atomic E-state index is -0.118. The molecule has 3 aromatic carbocycles. The highest BCUT2D eigenvalue weighted by molar-refractivity contribution is 7.18.